The van der Waals surface area contributed by atoms with Crippen LogP contribution in [0.4, 0.5) is 4.79 Å². The van der Waals surface area contributed by atoms with Crippen LogP contribution in [0.1, 0.15) is 5.56 Å². The summed E-state index contributed by atoms with van der Waals surface area (Å²) < 4.78 is 0. The molecule has 0 spiro atoms. The Morgan fingerprint density at radius 3 is 2.69 bits per heavy atom. The van der Waals surface area contributed by atoms with Crippen molar-refractivity contribution in [3.8, 4) is 0 Å². The van der Waals surface area contributed by atoms with Crippen LogP contribution >= 0.6 is 12.4 Å². The normalized spacial score (nSPS) is 9.23. The van der Waals surface area contributed by atoms with E-state index in [1.165, 1.54) is 6.21 Å². The monoisotopic (exact) mass is 201 g/mol. The van der Waals surface area contributed by atoms with E-state index in [9.17, 15) is 4.79 Å². The molecule has 0 aliphatic rings. The molecule has 13 heavy (non-hydrogen) atoms. The number of amides is 1. The van der Waals surface area contributed by atoms with Crippen molar-refractivity contribution >= 4 is 24.7 Å². The summed E-state index contributed by atoms with van der Waals surface area (Å²) in [5.41, 5.74) is 2.65. The van der Waals surface area contributed by atoms with Crippen LogP contribution in [-0.4, -0.2) is 22.4 Å². The van der Waals surface area contributed by atoms with Gasteiger partial charge in [-0.3, -0.25) is 4.98 Å². The average molecular weight is 202 g/mol. The number of nitrogens with zero attached hydrogens (tertiary/aromatic N) is 2. The van der Waals surface area contributed by atoms with Crippen molar-refractivity contribution in [3.63, 3.8) is 0 Å². The maximum atomic E-state index is 9.95. The summed E-state index contributed by atoms with van der Waals surface area (Å²) in [5.74, 6) is 0. The van der Waals surface area contributed by atoms with Gasteiger partial charge in [0.2, 0.25) is 0 Å². The summed E-state index contributed by atoms with van der Waals surface area (Å²) >= 11 is 0. The molecule has 0 aromatic carbocycles. The third-order valence-corrected chi connectivity index (χ3v) is 1.08. The highest BCUT2D eigenvalue weighted by atomic mass is 35.5. The third kappa shape index (κ3) is 4.76. The quantitative estimate of drug-likeness (QED) is 0.556. The van der Waals surface area contributed by atoms with Crippen LogP contribution in [0.2, 0.25) is 0 Å². The van der Waals surface area contributed by atoms with Gasteiger partial charge >= 0.3 is 6.09 Å². The maximum Gasteiger partial charge on any atom is 0.425 e. The summed E-state index contributed by atoms with van der Waals surface area (Å²) in [6.07, 6.45) is 3.42. The minimum absolute atomic E-state index is 0. The highest BCUT2D eigenvalue weighted by Crippen LogP contribution is 1.89. The van der Waals surface area contributed by atoms with E-state index < -0.39 is 6.09 Å². The number of hydrogen-bond donors (Lipinski definition) is 2. The van der Waals surface area contributed by atoms with Crippen LogP contribution in [0.3, 0.4) is 0 Å². The number of carbonyl (C=O) groups is 1. The number of pyridine rings is 1. The number of rotatable bonds is 2. The summed E-state index contributed by atoms with van der Waals surface area (Å²) in [6, 6.07) is 3.43. The highest BCUT2D eigenvalue weighted by Gasteiger charge is 1.87. The largest absolute Gasteiger partial charge is 0.464 e. The van der Waals surface area contributed by atoms with Crippen LogP contribution < -0.4 is 5.43 Å². The molecule has 0 fully saturated rings. The van der Waals surface area contributed by atoms with E-state index in [1.54, 1.807) is 24.5 Å². The number of carboxylic acid groups (broad SMARTS) is 1. The van der Waals surface area contributed by atoms with Crippen molar-refractivity contribution in [2.75, 3.05) is 0 Å². The zero-order chi connectivity index (χ0) is 8.81. The molecule has 0 atom stereocenters. The van der Waals surface area contributed by atoms with Gasteiger partial charge in [0.05, 0.1) is 6.21 Å². The predicted molar refractivity (Wildman–Crippen MR) is 50.2 cm³/mol. The van der Waals surface area contributed by atoms with Crippen molar-refractivity contribution in [1.82, 2.24) is 10.4 Å². The minimum Gasteiger partial charge on any atom is -0.464 e. The second kappa shape index (κ2) is 5.96. The molecule has 0 saturated carbocycles. The van der Waals surface area contributed by atoms with E-state index >= 15 is 0 Å². The first kappa shape index (κ1) is 11.4. The van der Waals surface area contributed by atoms with Crippen molar-refractivity contribution in [3.05, 3.63) is 30.1 Å². The van der Waals surface area contributed by atoms with Gasteiger partial charge in [0.15, 0.2) is 0 Å². The fourth-order valence-electron chi connectivity index (χ4n) is 0.612. The molecule has 2 N–H and O–H groups in total. The Kier molecular flexibility index (Phi) is 5.22. The molecule has 6 heteroatoms. The second-order valence-electron chi connectivity index (χ2n) is 1.96. The van der Waals surface area contributed by atoms with E-state index in [1.807, 2.05) is 5.43 Å². The number of halogens is 1. The molecule has 70 valence electrons. The number of hydrogen-bond acceptors (Lipinski definition) is 3. The van der Waals surface area contributed by atoms with Crippen molar-refractivity contribution in [2.24, 2.45) is 5.10 Å². The molecule has 1 rings (SSSR count). The van der Waals surface area contributed by atoms with Crippen LogP contribution in [0.15, 0.2) is 29.6 Å². The molecule has 0 unspecified atom stereocenters. The number of hydrazone groups is 1. The lowest BCUT2D eigenvalue weighted by molar-refractivity contribution is 0.195. The molecule has 0 aliphatic heterocycles. The Hall–Kier alpha value is -1.62. The first-order valence-corrected chi connectivity index (χ1v) is 3.21. The van der Waals surface area contributed by atoms with Gasteiger partial charge in [0.25, 0.3) is 0 Å². The van der Waals surface area contributed by atoms with E-state index in [2.05, 4.69) is 10.1 Å². The van der Waals surface area contributed by atoms with E-state index in [0.29, 0.717) is 0 Å². The highest BCUT2D eigenvalue weighted by molar-refractivity contribution is 5.85. The van der Waals surface area contributed by atoms with Crippen LogP contribution in [0.5, 0.6) is 0 Å². The fourth-order valence-corrected chi connectivity index (χ4v) is 0.612. The lowest BCUT2D eigenvalue weighted by Crippen LogP contribution is -2.13. The van der Waals surface area contributed by atoms with Gasteiger partial charge in [-0.15, -0.1) is 12.4 Å². The Morgan fingerprint density at radius 2 is 2.15 bits per heavy atom. The molecule has 0 bridgehead atoms. The molecule has 0 saturated heterocycles. The Morgan fingerprint density at radius 1 is 1.54 bits per heavy atom. The summed E-state index contributed by atoms with van der Waals surface area (Å²) in [6.45, 7) is 0. The first-order valence-electron chi connectivity index (χ1n) is 3.21. The summed E-state index contributed by atoms with van der Waals surface area (Å²) in [4.78, 5) is 13.7. The third-order valence-electron chi connectivity index (χ3n) is 1.08. The van der Waals surface area contributed by atoms with Crippen LogP contribution in [0.25, 0.3) is 0 Å². The molecule has 1 aromatic heterocycles. The lowest BCUT2D eigenvalue weighted by atomic mass is 10.3. The number of nitrogens with one attached hydrogen (secondary N) is 1. The lowest BCUT2D eigenvalue weighted by Gasteiger charge is -1.90. The molecule has 1 heterocycles. The zero-order valence-electron chi connectivity index (χ0n) is 6.54. The summed E-state index contributed by atoms with van der Waals surface area (Å²) in [7, 11) is 0. The van der Waals surface area contributed by atoms with E-state index in [4.69, 9.17) is 5.11 Å². The molecule has 5 nitrogen and oxygen atoms in total. The van der Waals surface area contributed by atoms with Gasteiger partial charge in [-0.1, -0.05) is 0 Å². The predicted octanol–water partition coefficient (Wildman–Crippen LogP) is 1.10. The smallest absolute Gasteiger partial charge is 0.425 e. The summed E-state index contributed by atoms with van der Waals surface area (Å²) in [5, 5.41) is 11.6. The molecule has 0 radical (unpaired) electrons. The SMILES string of the molecule is Cl.O=C(O)N/N=C/c1ccncc1. The molecule has 1 aromatic rings. The van der Waals surface area contributed by atoms with E-state index in [0.717, 1.165) is 5.56 Å². The topological polar surface area (TPSA) is 74.6 Å². The van der Waals surface area contributed by atoms with Crippen molar-refractivity contribution in [2.45, 2.75) is 0 Å². The number of aromatic nitrogens is 1. The second-order valence-corrected chi connectivity index (χ2v) is 1.96. The molecule has 0 aliphatic carbocycles. The van der Waals surface area contributed by atoms with Crippen molar-refractivity contribution < 1.29 is 9.90 Å². The fraction of sp³-hybridized carbons (Fsp3) is 0. The van der Waals surface area contributed by atoms with Gasteiger partial charge in [-0.05, 0) is 17.7 Å². The van der Waals surface area contributed by atoms with Gasteiger partial charge in [0, 0.05) is 12.4 Å². The van der Waals surface area contributed by atoms with Crippen LogP contribution in [-0.2, 0) is 0 Å². The molecular formula is C7H8ClN3O2. The first-order chi connectivity index (χ1) is 5.79. The Bertz CT molecular complexity index is 289. The molecular weight excluding hydrogens is 194 g/mol. The van der Waals surface area contributed by atoms with Gasteiger partial charge < -0.3 is 5.11 Å². The van der Waals surface area contributed by atoms with Gasteiger partial charge in [-0.2, -0.15) is 5.10 Å². The Balaban J connectivity index is 0.00000144. The maximum absolute atomic E-state index is 9.95. The van der Waals surface area contributed by atoms with Gasteiger partial charge in [0.1, 0.15) is 0 Å². The molecule has 1 amide bonds. The van der Waals surface area contributed by atoms with Crippen LogP contribution in [0, 0.1) is 0 Å². The average Bonchev–Trinajstić information content (AvgIpc) is 2.05. The minimum atomic E-state index is -1.18. The Labute approximate surface area is 80.9 Å². The van der Waals surface area contributed by atoms with E-state index in [-0.39, 0.29) is 12.4 Å². The van der Waals surface area contributed by atoms with Gasteiger partial charge in [-0.25, -0.2) is 10.2 Å². The standard InChI is InChI=1S/C7H7N3O2.ClH/c11-7(12)10-9-5-6-1-3-8-4-2-6;/h1-5,10H,(H,11,12);1H/b9-5+;. The van der Waals surface area contributed by atoms with Crippen molar-refractivity contribution in [1.29, 1.82) is 0 Å². The zero-order valence-corrected chi connectivity index (χ0v) is 7.36.